The number of nitrogens with zero attached hydrogens (tertiary/aromatic N) is 3. The van der Waals surface area contributed by atoms with Crippen molar-refractivity contribution < 1.29 is 18.7 Å². The molecule has 2 aromatic rings. The van der Waals surface area contributed by atoms with E-state index in [1.54, 1.807) is 17.0 Å². The number of rotatable bonds is 12. The van der Waals surface area contributed by atoms with Gasteiger partial charge in [0.25, 0.3) is 5.56 Å². The van der Waals surface area contributed by atoms with Crippen molar-refractivity contribution in [2.75, 3.05) is 44.0 Å². The standard InChI is InChI=1S/C23H34N6O6/c1-3-4-10-29-20(24)19(22(32)26-23(29)33)28(11-13-34-2)18(30)15-27-9-5-8-17(27)21(31)25-14-16-7-6-12-35-16/h6-7,12,17H,3-5,8-11,13-15,24H2,1-2H3,(H,25,31)(H,26,32,33). The van der Waals surface area contributed by atoms with E-state index in [9.17, 15) is 19.2 Å². The number of methoxy groups -OCH3 is 1. The molecule has 1 atom stereocenters. The average molecular weight is 491 g/mol. The second-order valence-corrected chi connectivity index (χ2v) is 8.46. The van der Waals surface area contributed by atoms with Crippen molar-refractivity contribution in [1.29, 1.82) is 0 Å². The summed E-state index contributed by atoms with van der Waals surface area (Å²) in [6.07, 6.45) is 4.42. The summed E-state index contributed by atoms with van der Waals surface area (Å²) >= 11 is 0. The minimum atomic E-state index is -0.737. The van der Waals surface area contributed by atoms with E-state index in [1.165, 1.54) is 22.8 Å². The van der Waals surface area contributed by atoms with Crippen LogP contribution in [-0.4, -0.2) is 65.7 Å². The quantitative estimate of drug-likeness (QED) is 0.383. The molecule has 1 aliphatic rings. The molecule has 1 saturated heterocycles. The molecular weight excluding hydrogens is 456 g/mol. The molecule has 0 spiro atoms. The fourth-order valence-electron chi connectivity index (χ4n) is 4.20. The first-order valence-corrected chi connectivity index (χ1v) is 11.8. The average Bonchev–Trinajstić information content (AvgIpc) is 3.51. The van der Waals surface area contributed by atoms with E-state index < -0.39 is 23.2 Å². The summed E-state index contributed by atoms with van der Waals surface area (Å²) in [4.78, 5) is 56.5. The Hall–Kier alpha value is -3.38. The lowest BCUT2D eigenvalue weighted by atomic mass is 10.2. The predicted octanol–water partition coefficient (Wildman–Crippen LogP) is 0.272. The van der Waals surface area contributed by atoms with Crippen molar-refractivity contribution in [2.24, 2.45) is 0 Å². The van der Waals surface area contributed by atoms with Crippen LogP contribution in [0.5, 0.6) is 0 Å². The molecule has 3 heterocycles. The Kier molecular flexibility index (Phi) is 9.26. The lowest BCUT2D eigenvalue weighted by molar-refractivity contribution is -0.127. The molecule has 0 saturated carbocycles. The van der Waals surface area contributed by atoms with Crippen LogP contribution < -0.4 is 27.2 Å². The third-order valence-electron chi connectivity index (χ3n) is 6.06. The number of anilines is 2. The highest BCUT2D eigenvalue weighted by Crippen LogP contribution is 2.21. The summed E-state index contributed by atoms with van der Waals surface area (Å²) < 4.78 is 11.7. The number of carbonyl (C=O) groups excluding carboxylic acids is 2. The molecule has 12 nitrogen and oxygen atoms in total. The number of hydrogen-bond acceptors (Lipinski definition) is 8. The maximum absolute atomic E-state index is 13.4. The van der Waals surface area contributed by atoms with Gasteiger partial charge in [-0.25, -0.2) is 4.79 Å². The van der Waals surface area contributed by atoms with E-state index in [-0.39, 0.29) is 43.7 Å². The molecule has 0 radical (unpaired) electrons. The largest absolute Gasteiger partial charge is 0.467 e. The van der Waals surface area contributed by atoms with Crippen molar-refractivity contribution in [3.8, 4) is 0 Å². The molecule has 1 unspecified atom stereocenters. The number of nitrogen functional groups attached to an aromatic ring is 1. The van der Waals surface area contributed by atoms with E-state index in [1.807, 2.05) is 6.92 Å². The molecule has 192 valence electrons. The number of amides is 2. The lowest BCUT2D eigenvalue weighted by Gasteiger charge is -2.28. The molecule has 4 N–H and O–H groups in total. The number of hydrogen-bond donors (Lipinski definition) is 3. The maximum atomic E-state index is 13.4. The Bertz CT molecular complexity index is 1110. The molecule has 3 rings (SSSR count). The summed E-state index contributed by atoms with van der Waals surface area (Å²) in [6.45, 7) is 3.25. The van der Waals surface area contributed by atoms with E-state index in [2.05, 4.69) is 10.3 Å². The number of aromatic nitrogens is 2. The minimum absolute atomic E-state index is 0.0641. The van der Waals surface area contributed by atoms with Gasteiger partial charge < -0.3 is 25.1 Å². The fourth-order valence-corrected chi connectivity index (χ4v) is 4.20. The summed E-state index contributed by atoms with van der Waals surface area (Å²) in [5, 5.41) is 2.84. The van der Waals surface area contributed by atoms with Gasteiger partial charge in [-0.05, 0) is 37.9 Å². The minimum Gasteiger partial charge on any atom is -0.467 e. The lowest BCUT2D eigenvalue weighted by Crippen LogP contribution is -2.50. The van der Waals surface area contributed by atoms with Crippen molar-refractivity contribution in [1.82, 2.24) is 19.8 Å². The Labute approximate surface area is 203 Å². The van der Waals surface area contributed by atoms with Crippen LogP contribution in [-0.2, 0) is 27.4 Å². The number of aromatic amines is 1. The Morgan fingerprint density at radius 2 is 2.17 bits per heavy atom. The number of likely N-dealkylation sites (tertiary alicyclic amines) is 1. The molecule has 0 aromatic carbocycles. The third-order valence-corrected chi connectivity index (χ3v) is 6.06. The van der Waals surface area contributed by atoms with Gasteiger partial charge in [-0.3, -0.25) is 28.8 Å². The van der Waals surface area contributed by atoms with Gasteiger partial charge in [0, 0.05) is 20.2 Å². The fraction of sp³-hybridized carbons (Fsp3) is 0.565. The highest BCUT2D eigenvalue weighted by Gasteiger charge is 2.34. The van der Waals surface area contributed by atoms with Crippen LogP contribution in [0.4, 0.5) is 11.5 Å². The Balaban J connectivity index is 1.79. The SMILES string of the molecule is CCCCn1c(N)c(N(CCOC)C(=O)CN2CCCC2C(=O)NCc2ccco2)c(=O)[nH]c1=O. The smallest absolute Gasteiger partial charge is 0.330 e. The number of nitrogens with one attached hydrogen (secondary N) is 2. The van der Waals surface area contributed by atoms with Crippen molar-refractivity contribution in [2.45, 2.75) is 51.7 Å². The number of nitrogens with two attached hydrogens (primary N) is 1. The molecular formula is C23H34N6O6. The number of H-pyrrole nitrogens is 1. The predicted molar refractivity (Wildman–Crippen MR) is 130 cm³/mol. The highest BCUT2D eigenvalue weighted by atomic mass is 16.5. The summed E-state index contributed by atoms with van der Waals surface area (Å²) in [6, 6.07) is 3.04. The van der Waals surface area contributed by atoms with E-state index >= 15 is 0 Å². The van der Waals surface area contributed by atoms with Crippen LogP contribution in [0.25, 0.3) is 0 Å². The van der Waals surface area contributed by atoms with Crippen LogP contribution >= 0.6 is 0 Å². The summed E-state index contributed by atoms with van der Waals surface area (Å²) in [5.41, 5.74) is 4.79. The molecule has 2 aromatic heterocycles. The van der Waals surface area contributed by atoms with E-state index in [0.717, 1.165) is 12.8 Å². The number of ether oxygens (including phenoxy) is 1. The topological polar surface area (TPSA) is 156 Å². The third kappa shape index (κ3) is 6.40. The first-order chi connectivity index (χ1) is 16.9. The monoisotopic (exact) mass is 490 g/mol. The molecule has 1 aliphatic heterocycles. The molecule has 1 fully saturated rings. The van der Waals surface area contributed by atoms with Gasteiger partial charge in [0.1, 0.15) is 11.6 Å². The first-order valence-electron chi connectivity index (χ1n) is 11.8. The highest BCUT2D eigenvalue weighted by molar-refractivity contribution is 5.97. The Morgan fingerprint density at radius 1 is 1.37 bits per heavy atom. The van der Waals surface area contributed by atoms with Gasteiger partial charge in [0.15, 0.2) is 5.69 Å². The molecule has 12 heteroatoms. The molecule has 35 heavy (non-hydrogen) atoms. The van der Waals surface area contributed by atoms with Crippen LogP contribution in [0.2, 0.25) is 0 Å². The van der Waals surface area contributed by atoms with Crippen molar-refractivity contribution >= 4 is 23.3 Å². The Morgan fingerprint density at radius 3 is 2.86 bits per heavy atom. The molecule has 2 amide bonds. The van der Waals surface area contributed by atoms with Gasteiger partial charge in [0.05, 0.1) is 32.0 Å². The van der Waals surface area contributed by atoms with Crippen molar-refractivity contribution in [3.63, 3.8) is 0 Å². The summed E-state index contributed by atoms with van der Waals surface area (Å²) in [5.74, 6) is -0.0327. The van der Waals surface area contributed by atoms with E-state index in [0.29, 0.717) is 31.7 Å². The maximum Gasteiger partial charge on any atom is 0.330 e. The van der Waals surface area contributed by atoms with Gasteiger partial charge in [-0.1, -0.05) is 13.3 Å². The second kappa shape index (κ2) is 12.4. The van der Waals surface area contributed by atoms with Gasteiger partial charge in [-0.15, -0.1) is 0 Å². The van der Waals surface area contributed by atoms with Gasteiger partial charge >= 0.3 is 5.69 Å². The zero-order chi connectivity index (χ0) is 25.4. The van der Waals surface area contributed by atoms with Crippen LogP contribution in [0.15, 0.2) is 32.4 Å². The number of carbonyl (C=O) groups is 2. The first kappa shape index (κ1) is 26.2. The zero-order valence-corrected chi connectivity index (χ0v) is 20.2. The molecule has 0 aliphatic carbocycles. The van der Waals surface area contributed by atoms with Crippen LogP contribution in [0.1, 0.15) is 38.4 Å². The second-order valence-electron chi connectivity index (χ2n) is 8.46. The van der Waals surface area contributed by atoms with Gasteiger partial charge in [0.2, 0.25) is 11.8 Å². The summed E-state index contributed by atoms with van der Waals surface area (Å²) in [7, 11) is 1.48. The number of furan rings is 1. The normalized spacial score (nSPS) is 15.9. The van der Waals surface area contributed by atoms with E-state index in [4.69, 9.17) is 14.9 Å². The van der Waals surface area contributed by atoms with Crippen molar-refractivity contribution in [3.05, 3.63) is 45.0 Å². The zero-order valence-electron chi connectivity index (χ0n) is 20.2. The van der Waals surface area contributed by atoms with Crippen LogP contribution in [0, 0.1) is 0 Å². The number of unbranched alkanes of at least 4 members (excludes halogenated alkanes) is 1. The van der Waals surface area contributed by atoms with Gasteiger partial charge in [-0.2, -0.15) is 0 Å². The van der Waals surface area contributed by atoms with Crippen LogP contribution in [0.3, 0.4) is 0 Å². The molecule has 0 bridgehead atoms.